The normalized spacial score (nSPS) is 14.2. The van der Waals surface area contributed by atoms with Crippen molar-refractivity contribution in [3.05, 3.63) is 40.5 Å². The summed E-state index contributed by atoms with van der Waals surface area (Å²) in [6, 6.07) is 1.73. The molecule has 0 atom stereocenters. The number of hydrogen-bond donors (Lipinski definition) is 3. The molecule has 0 bridgehead atoms. The monoisotopic (exact) mass is 484 g/mol. The number of carboxylic acid groups (broad SMARTS) is 1. The van der Waals surface area contributed by atoms with E-state index in [1.165, 1.54) is 0 Å². The Morgan fingerprint density at radius 1 is 1.24 bits per heavy atom. The molecule has 1 saturated heterocycles. The molecule has 1 aromatic carbocycles. The summed E-state index contributed by atoms with van der Waals surface area (Å²) in [5.74, 6) is -3.31. The number of halogens is 2. The van der Waals surface area contributed by atoms with Gasteiger partial charge in [0, 0.05) is 19.6 Å². The molecule has 3 N–H and O–H groups in total. The Bertz CT molecular complexity index is 959. The van der Waals surface area contributed by atoms with Crippen molar-refractivity contribution in [1.82, 2.24) is 14.6 Å². The largest absolute Gasteiger partial charge is 0.477 e. The molecule has 0 spiro atoms. The minimum Gasteiger partial charge on any atom is -0.477 e. The Hall–Kier alpha value is -2.83. The maximum absolute atomic E-state index is 14.0. The average Bonchev–Trinajstić information content (AvgIpc) is 3.16. The van der Waals surface area contributed by atoms with E-state index in [1.54, 1.807) is 6.92 Å². The molecule has 2 aromatic rings. The van der Waals surface area contributed by atoms with E-state index in [1.807, 2.05) is 0 Å². The number of benzene rings is 1. The van der Waals surface area contributed by atoms with Crippen molar-refractivity contribution in [3.8, 4) is 5.88 Å². The van der Waals surface area contributed by atoms with E-state index in [0.717, 1.165) is 57.8 Å². The molecule has 12 heteroatoms. The van der Waals surface area contributed by atoms with Gasteiger partial charge in [-0.3, -0.25) is 10.2 Å². The zero-order valence-electron chi connectivity index (χ0n) is 18.2. The van der Waals surface area contributed by atoms with Crippen molar-refractivity contribution in [2.75, 3.05) is 44.7 Å². The fraction of sp³-hybridized carbons (Fsp3) is 0.476. The number of urea groups is 1. The lowest BCUT2D eigenvalue weighted by Crippen LogP contribution is -2.37. The second-order valence-electron chi connectivity index (χ2n) is 7.53. The molecule has 1 aliphatic heterocycles. The number of rotatable bonds is 10. The minimum atomic E-state index is -1.38. The summed E-state index contributed by atoms with van der Waals surface area (Å²) in [4.78, 5) is 26.1. The molecule has 180 valence electrons. The number of ether oxygens (including phenoxy) is 2. The molecule has 1 fully saturated rings. The summed E-state index contributed by atoms with van der Waals surface area (Å²) in [6.45, 7) is 5.64. The van der Waals surface area contributed by atoms with Crippen LogP contribution in [-0.4, -0.2) is 65.8 Å². The molecule has 2 amide bonds. The topological polar surface area (TPSA) is 113 Å². The summed E-state index contributed by atoms with van der Waals surface area (Å²) in [7, 11) is 0. The summed E-state index contributed by atoms with van der Waals surface area (Å²) in [5, 5.41) is 14.6. The first-order chi connectivity index (χ1) is 15.8. The lowest BCUT2D eigenvalue weighted by Gasteiger charge is -2.26. The van der Waals surface area contributed by atoms with Crippen LogP contribution in [0.25, 0.3) is 0 Å². The number of aromatic nitrogens is 1. The molecule has 0 aliphatic carbocycles. The first kappa shape index (κ1) is 24.8. The number of unbranched alkanes of at least 4 members (excludes halogenated alkanes) is 1. The van der Waals surface area contributed by atoms with Gasteiger partial charge in [0.15, 0.2) is 5.56 Å². The van der Waals surface area contributed by atoms with Crippen LogP contribution in [0.3, 0.4) is 0 Å². The number of aromatic carboxylic acids is 1. The van der Waals surface area contributed by atoms with Gasteiger partial charge in [-0.25, -0.2) is 18.4 Å². The van der Waals surface area contributed by atoms with Crippen molar-refractivity contribution >= 4 is 28.5 Å². The van der Waals surface area contributed by atoms with Crippen molar-refractivity contribution in [2.45, 2.75) is 26.4 Å². The molecule has 9 nitrogen and oxygen atoms in total. The second kappa shape index (κ2) is 11.9. The standard InChI is InChI=1S/C21H26F2N4O5S/c1-13-10-15(22)14(16(23)11-13)12-32-18-17(20(28)29)19(33-26-18)25-21(30)24-4-2-3-5-27-6-8-31-9-7-27/h10-11H,2-9,12H2,1H3,(H,28,29)(H2,24,25,30). The van der Waals surface area contributed by atoms with E-state index < -0.39 is 30.2 Å². The highest BCUT2D eigenvalue weighted by atomic mass is 32.1. The first-order valence-electron chi connectivity index (χ1n) is 10.5. The van der Waals surface area contributed by atoms with Gasteiger partial charge in [-0.2, -0.15) is 4.37 Å². The Labute approximate surface area is 193 Å². The van der Waals surface area contributed by atoms with Gasteiger partial charge in [-0.05, 0) is 55.5 Å². The Morgan fingerprint density at radius 2 is 1.94 bits per heavy atom. The van der Waals surface area contributed by atoms with Crippen molar-refractivity contribution in [1.29, 1.82) is 0 Å². The number of amides is 2. The molecule has 2 heterocycles. The van der Waals surface area contributed by atoms with Crippen LogP contribution in [0.1, 0.15) is 34.3 Å². The fourth-order valence-corrected chi connectivity index (χ4v) is 4.01. The molecular formula is C21H26F2N4O5S. The number of carbonyl (C=O) groups excluding carboxylic acids is 1. The summed E-state index contributed by atoms with van der Waals surface area (Å²) < 4.78 is 42.5. The zero-order chi connectivity index (χ0) is 23.8. The number of morpholine rings is 1. The van der Waals surface area contributed by atoms with E-state index in [0.29, 0.717) is 23.6 Å². The van der Waals surface area contributed by atoms with Gasteiger partial charge in [-0.1, -0.05) is 0 Å². The fourth-order valence-electron chi connectivity index (χ4n) is 3.29. The summed E-state index contributed by atoms with van der Waals surface area (Å²) in [6.07, 6.45) is 1.67. The SMILES string of the molecule is Cc1cc(F)c(COc2nsc(NC(=O)NCCCCN3CCOCC3)c2C(=O)O)c(F)c1. The van der Waals surface area contributed by atoms with E-state index in [-0.39, 0.29) is 22.0 Å². The lowest BCUT2D eigenvalue weighted by atomic mass is 10.1. The van der Waals surface area contributed by atoms with Crippen LogP contribution >= 0.6 is 11.5 Å². The van der Waals surface area contributed by atoms with Crippen LogP contribution in [0.15, 0.2) is 12.1 Å². The molecule has 0 radical (unpaired) electrons. The Kier molecular flexibility index (Phi) is 8.92. The van der Waals surface area contributed by atoms with Crippen molar-refractivity contribution < 1.29 is 33.0 Å². The number of nitrogens with one attached hydrogen (secondary N) is 2. The predicted molar refractivity (Wildman–Crippen MR) is 118 cm³/mol. The van der Waals surface area contributed by atoms with Crippen molar-refractivity contribution in [3.63, 3.8) is 0 Å². The van der Waals surface area contributed by atoms with Gasteiger partial charge in [-0.15, -0.1) is 0 Å². The number of hydrogen-bond acceptors (Lipinski definition) is 7. The number of carboxylic acids is 1. The first-order valence-corrected chi connectivity index (χ1v) is 11.3. The number of nitrogens with zero attached hydrogens (tertiary/aromatic N) is 2. The molecule has 1 aromatic heterocycles. The van der Waals surface area contributed by atoms with E-state index >= 15 is 0 Å². The quantitative estimate of drug-likeness (QED) is 0.444. The predicted octanol–water partition coefficient (Wildman–Crippen LogP) is 3.24. The zero-order valence-corrected chi connectivity index (χ0v) is 19.0. The van der Waals surface area contributed by atoms with Crippen LogP contribution in [-0.2, 0) is 11.3 Å². The third-order valence-corrected chi connectivity index (χ3v) is 5.78. The summed E-state index contributed by atoms with van der Waals surface area (Å²) in [5.41, 5.74) is -0.308. The van der Waals surface area contributed by atoms with Gasteiger partial charge in [0.1, 0.15) is 23.2 Å². The molecule has 0 saturated carbocycles. The van der Waals surface area contributed by atoms with Crippen LogP contribution in [0.5, 0.6) is 5.88 Å². The third kappa shape index (κ3) is 7.07. The average molecular weight is 485 g/mol. The van der Waals surface area contributed by atoms with Gasteiger partial charge in [0.2, 0.25) is 5.88 Å². The van der Waals surface area contributed by atoms with E-state index in [9.17, 15) is 23.5 Å². The number of carbonyl (C=O) groups is 2. The van der Waals surface area contributed by atoms with Gasteiger partial charge >= 0.3 is 12.0 Å². The number of aryl methyl sites for hydroxylation is 1. The third-order valence-electron chi connectivity index (χ3n) is 5.03. The van der Waals surface area contributed by atoms with Crippen LogP contribution < -0.4 is 15.4 Å². The van der Waals surface area contributed by atoms with Gasteiger partial charge < -0.3 is 19.9 Å². The molecular weight excluding hydrogens is 458 g/mol. The Morgan fingerprint density at radius 3 is 2.61 bits per heavy atom. The lowest BCUT2D eigenvalue weighted by molar-refractivity contribution is 0.0372. The number of anilines is 1. The highest BCUT2D eigenvalue weighted by Gasteiger charge is 2.24. The van der Waals surface area contributed by atoms with Crippen LogP contribution in [0, 0.1) is 18.6 Å². The van der Waals surface area contributed by atoms with Crippen LogP contribution in [0.4, 0.5) is 18.6 Å². The second-order valence-corrected chi connectivity index (χ2v) is 8.31. The minimum absolute atomic E-state index is 0.0341. The molecule has 1 aliphatic rings. The van der Waals surface area contributed by atoms with Crippen molar-refractivity contribution in [2.24, 2.45) is 0 Å². The Balaban J connectivity index is 1.50. The molecule has 33 heavy (non-hydrogen) atoms. The highest BCUT2D eigenvalue weighted by Crippen LogP contribution is 2.31. The maximum atomic E-state index is 14.0. The molecule has 3 rings (SSSR count). The van der Waals surface area contributed by atoms with E-state index in [2.05, 4.69) is 19.9 Å². The smallest absolute Gasteiger partial charge is 0.344 e. The molecule has 0 unspecified atom stereocenters. The van der Waals surface area contributed by atoms with Gasteiger partial charge in [0.25, 0.3) is 0 Å². The summed E-state index contributed by atoms with van der Waals surface area (Å²) >= 11 is 0.708. The van der Waals surface area contributed by atoms with Crippen LogP contribution in [0.2, 0.25) is 0 Å². The maximum Gasteiger partial charge on any atom is 0.344 e. The van der Waals surface area contributed by atoms with Gasteiger partial charge in [0.05, 0.1) is 18.8 Å². The highest BCUT2D eigenvalue weighted by molar-refractivity contribution is 7.11. The van der Waals surface area contributed by atoms with E-state index in [4.69, 9.17) is 9.47 Å².